The Morgan fingerprint density at radius 2 is 2.04 bits per heavy atom. The molecule has 4 rings (SSSR count). The van der Waals surface area contributed by atoms with E-state index in [1.165, 1.54) is 35.5 Å². The molecule has 8 heteroatoms. The molecule has 2 saturated carbocycles. The van der Waals surface area contributed by atoms with Gasteiger partial charge in [-0.15, -0.1) is 0 Å². The van der Waals surface area contributed by atoms with Crippen molar-refractivity contribution < 1.29 is 18.3 Å². The average Bonchev–Trinajstić information content (AvgIpc) is 3.46. The molecule has 1 N–H and O–H groups in total. The lowest BCUT2D eigenvalue weighted by Crippen LogP contribution is -2.39. The van der Waals surface area contributed by atoms with Gasteiger partial charge in [0, 0.05) is 29.9 Å². The summed E-state index contributed by atoms with van der Waals surface area (Å²) in [5.74, 6) is 1.30. The Hall–Kier alpha value is -1.28. The highest BCUT2D eigenvalue weighted by Crippen LogP contribution is 2.33. The van der Waals surface area contributed by atoms with Crippen LogP contribution in [0.3, 0.4) is 0 Å². The van der Waals surface area contributed by atoms with Gasteiger partial charge in [0.15, 0.2) is 6.61 Å². The Morgan fingerprint density at radius 3 is 2.75 bits per heavy atom. The summed E-state index contributed by atoms with van der Waals surface area (Å²) in [6.45, 7) is 2.25. The lowest BCUT2D eigenvalue weighted by Gasteiger charge is -2.32. The standard InChI is InChI=1S/C20H29F2N3O2S/c21-18(22)12-27-20-24-16-11-25(10-8-17(16)28-20)9-7-13-1-5-15(6-2-13)23-19(26)14-3-4-14/h13-15,18H,1-12H2,(H,23,26)/t13-,15-. The van der Waals surface area contributed by atoms with Crippen LogP contribution in [0.25, 0.3) is 0 Å². The van der Waals surface area contributed by atoms with E-state index in [4.69, 9.17) is 4.74 Å². The fourth-order valence-electron chi connectivity index (χ4n) is 4.24. The maximum absolute atomic E-state index is 12.3. The summed E-state index contributed by atoms with van der Waals surface area (Å²) in [5, 5.41) is 3.60. The highest BCUT2D eigenvalue weighted by molar-refractivity contribution is 7.13. The average molecular weight is 414 g/mol. The van der Waals surface area contributed by atoms with Gasteiger partial charge in [0.2, 0.25) is 5.91 Å². The fourth-order valence-corrected chi connectivity index (χ4v) is 5.16. The van der Waals surface area contributed by atoms with Gasteiger partial charge in [0.05, 0.1) is 5.69 Å². The van der Waals surface area contributed by atoms with E-state index >= 15 is 0 Å². The topological polar surface area (TPSA) is 54.5 Å². The molecule has 3 aliphatic rings. The predicted octanol–water partition coefficient (Wildman–Crippen LogP) is 3.62. The lowest BCUT2D eigenvalue weighted by molar-refractivity contribution is -0.123. The monoisotopic (exact) mass is 413 g/mol. The van der Waals surface area contributed by atoms with Crippen molar-refractivity contribution in [1.82, 2.24) is 15.2 Å². The number of aromatic nitrogens is 1. The minimum absolute atomic E-state index is 0.271. The van der Waals surface area contributed by atoms with Crippen molar-refractivity contribution in [1.29, 1.82) is 0 Å². The molecule has 0 radical (unpaired) electrons. The molecule has 0 atom stereocenters. The SMILES string of the molecule is O=C(N[C@H]1CC[C@H](CCN2CCc3sc(OCC(F)F)nc3C2)CC1)C1CC1. The Bertz CT molecular complexity index is 672. The largest absolute Gasteiger partial charge is 0.464 e. The molecule has 2 fully saturated rings. The van der Waals surface area contributed by atoms with Crippen LogP contribution in [-0.2, 0) is 17.8 Å². The smallest absolute Gasteiger partial charge is 0.273 e. The summed E-state index contributed by atoms with van der Waals surface area (Å²) < 4.78 is 29.7. The highest BCUT2D eigenvalue weighted by atomic mass is 32.1. The number of thiazole rings is 1. The van der Waals surface area contributed by atoms with Gasteiger partial charge in [-0.3, -0.25) is 9.69 Å². The number of nitrogens with one attached hydrogen (secondary N) is 1. The summed E-state index contributed by atoms with van der Waals surface area (Å²) in [4.78, 5) is 19.9. The molecule has 1 aromatic rings. The van der Waals surface area contributed by atoms with Crippen molar-refractivity contribution in [3.8, 4) is 5.19 Å². The van der Waals surface area contributed by atoms with Crippen LogP contribution in [-0.4, -0.2) is 48.0 Å². The first-order valence-corrected chi connectivity index (χ1v) is 11.3. The predicted molar refractivity (Wildman–Crippen MR) is 104 cm³/mol. The Labute approximate surface area is 168 Å². The van der Waals surface area contributed by atoms with E-state index in [9.17, 15) is 13.6 Å². The van der Waals surface area contributed by atoms with E-state index in [2.05, 4.69) is 15.2 Å². The van der Waals surface area contributed by atoms with E-state index < -0.39 is 13.0 Å². The van der Waals surface area contributed by atoms with E-state index in [1.807, 2.05) is 0 Å². The van der Waals surface area contributed by atoms with Gasteiger partial charge >= 0.3 is 0 Å². The number of fused-ring (bicyclic) bond motifs is 1. The number of alkyl halides is 2. The molecule has 0 aromatic carbocycles. The van der Waals surface area contributed by atoms with Crippen molar-refractivity contribution in [2.45, 2.75) is 70.4 Å². The van der Waals surface area contributed by atoms with Gasteiger partial charge in [-0.2, -0.15) is 0 Å². The number of rotatable bonds is 8. The van der Waals surface area contributed by atoms with E-state index in [0.717, 1.165) is 63.4 Å². The zero-order chi connectivity index (χ0) is 19.5. The minimum Gasteiger partial charge on any atom is -0.464 e. The number of hydrogen-bond acceptors (Lipinski definition) is 5. The first kappa shape index (κ1) is 20.0. The second-order valence-electron chi connectivity index (χ2n) is 8.37. The van der Waals surface area contributed by atoms with Crippen LogP contribution >= 0.6 is 11.3 Å². The van der Waals surface area contributed by atoms with Crippen LogP contribution in [0, 0.1) is 11.8 Å². The van der Waals surface area contributed by atoms with Gasteiger partial charge in [-0.25, -0.2) is 13.8 Å². The minimum atomic E-state index is -2.46. The molecule has 156 valence electrons. The molecule has 1 amide bonds. The van der Waals surface area contributed by atoms with Gasteiger partial charge in [-0.1, -0.05) is 11.3 Å². The third-order valence-corrected chi connectivity index (χ3v) is 7.18. The van der Waals surface area contributed by atoms with Crippen LogP contribution in [0.5, 0.6) is 5.19 Å². The number of hydrogen-bond donors (Lipinski definition) is 1. The number of halogens is 2. The van der Waals surface area contributed by atoms with Crippen molar-refractivity contribution in [2.24, 2.45) is 11.8 Å². The van der Waals surface area contributed by atoms with Gasteiger partial charge < -0.3 is 10.1 Å². The first-order chi connectivity index (χ1) is 13.6. The third kappa shape index (κ3) is 5.41. The first-order valence-electron chi connectivity index (χ1n) is 10.5. The van der Waals surface area contributed by atoms with Gasteiger partial charge in [0.25, 0.3) is 11.6 Å². The van der Waals surface area contributed by atoms with Crippen LogP contribution in [0.15, 0.2) is 0 Å². The summed E-state index contributed by atoms with van der Waals surface area (Å²) in [7, 11) is 0. The molecule has 1 aromatic heterocycles. The van der Waals surface area contributed by atoms with Crippen LogP contribution in [0.4, 0.5) is 8.78 Å². The van der Waals surface area contributed by atoms with Crippen molar-refractivity contribution >= 4 is 17.2 Å². The second kappa shape index (κ2) is 9.03. The molecule has 2 heterocycles. The van der Waals surface area contributed by atoms with Crippen molar-refractivity contribution in [2.75, 3.05) is 19.7 Å². The molecule has 0 unspecified atom stereocenters. The summed E-state index contributed by atoms with van der Waals surface area (Å²) in [6.07, 6.45) is 6.36. The zero-order valence-corrected chi connectivity index (χ0v) is 17.0. The summed E-state index contributed by atoms with van der Waals surface area (Å²) in [6, 6.07) is 0.378. The van der Waals surface area contributed by atoms with Gasteiger partial charge in [-0.05, 0) is 63.8 Å². The molecule has 5 nitrogen and oxygen atoms in total. The maximum Gasteiger partial charge on any atom is 0.273 e. The maximum atomic E-state index is 12.3. The Morgan fingerprint density at radius 1 is 1.25 bits per heavy atom. The number of ether oxygens (including phenoxy) is 1. The number of carbonyl (C=O) groups excluding carboxylic acids is 1. The van der Waals surface area contributed by atoms with Gasteiger partial charge in [0.1, 0.15) is 0 Å². The Kier molecular flexibility index (Phi) is 6.45. The number of amides is 1. The lowest BCUT2D eigenvalue weighted by atomic mass is 9.84. The molecule has 0 spiro atoms. The van der Waals surface area contributed by atoms with Crippen molar-refractivity contribution in [3.63, 3.8) is 0 Å². The summed E-state index contributed by atoms with van der Waals surface area (Å²) >= 11 is 1.41. The van der Waals surface area contributed by atoms with Crippen molar-refractivity contribution in [3.05, 3.63) is 10.6 Å². The van der Waals surface area contributed by atoms with Crippen LogP contribution in [0.1, 0.15) is 55.5 Å². The van der Waals surface area contributed by atoms with E-state index in [-0.39, 0.29) is 5.91 Å². The molecule has 2 aliphatic carbocycles. The van der Waals surface area contributed by atoms with Crippen LogP contribution in [0.2, 0.25) is 0 Å². The second-order valence-corrected chi connectivity index (χ2v) is 9.41. The third-order valence-electron chi connectivity index (χ3n) is 6.11. The zero-order valence-electron chi connectivity index (χ0n) is 16.2. The number of carbonyl (C=O) groups is 1. The quantitative estimate of drug-likeness (QED) is 0.707. The molecule has 28 heavy (non-hydrogen) atoms. The van der Waals surface area contributed by atoms with E-state index in [1.54, 1.807) is 0 Å². The normalized spacial score (nSPS) is 25.5. The Balaban J connectivity index is 1.17. The number of nitrogens with zero attached hydrogens (tertiary/aromatic N) is 2. The fraction of sp³-hybridized carbons (Fsp3) is 0.800. The highest BCUT2D eigenvalue weighted by Gasteiger charge is 2.32. The molecule has 0 bridgehead atoms. The molecular weight excluding hydrogens is 384 g/mol. The molecule has 1 aliphatic heterocycles. The summed E-state index contributed by atoms with van der Waals surface area (Å²) in [5.41, 5.74) is 0.993. The molecular formula is C20H29F2N3O2S. The van der Waals surface area contributed by atoms with Crippen LogP contribution < -0.4 is 10.1 Å². The van der Waals surface area contributed by atoms with E-state index in [0.29, 0.717) is 17.2 Å². The molecule has 0 saturated heterocycles.